The van der Waals surface area contributed by atoms with Gasteiger partial charge in [-0.05, 0) is 24.6 Å². The maximum absolute atomic E-state index is 12.4. The summed E-state index contributed by atoms with van der Waals surface area (Å²) >= 11 is 0. The highest BCUT2D eigenvalue weighted by molar-refractivity contribution is 5.79. The topological polar surface area (TPSA) is 54.9 Å². The van der Waals surface area contributed by atoms with E-state index in [1.807, 2.05) is 25.1 Å². The lowest BCUT2D eigenvalue weighted by Crippen LogP contribution is -2.36. The lowest BCUT2D eigenvalue weighted by Gasteiger charge is -2.16. The molecular formula is C20H24F3N3O2. The summed E-state index contributed by atoms with van der Waals surface area (Å²) in [6.45, 7) is 1.40. The average Bonchev–Trinajstić information content (AvgIpc) is 2.67. The summed E-state index contributed by atoms with van der Waals surface area (Å²) in [6.07, 6.45) is -4.38. The van der Waals surface area contributed by atoms with E-state index in [0.717, 1.165) is 16.9 Å². The van der Waals surface area contributed by atoms with Gasteiger partial charge in [0.25, 0.3) is 0 Å². The first-order chi connectivity index (χ1) is 13.3. The first-order valence-corrected chi connectivity index (χ1v) is 8.68. The molecule has 0 spiro atoms. The van der Waals surface area contributed by atoms with Gasteiger partial charge < -0.3 is 20.1 Å². The molecule has 0 fully saturated rings. The quantitative estimate of drug-likeness (QED) is 0.553. The maximum Gasteiger partial charge on any atom is 0.422 e. The molecule has 8 heteroatoms. The third-order valence-electron chi connectivity index (χ3n) is 3.92. The average molecular weight is 395 g/mol. The molecule has 0 aromatic heterocycles. The fourth-order valence-corrected chi connectivity index (χ4v) is 2.53. The van der Waals surface area contributed by atoms with Gasteiger partial charge in [0.15, 0.2) is 12.6 Å². The summed E-state index contributed by atoms with van der Waals surface area (Å²) < 4.78 is 47.5. The molecule has 2 aromatic carbocycles. The van der Waals surface area contributed by atoms with Gasteiger partial charge in [-0.1, -0.05) is 30.3 Å². The fraction of sp³-hybridized carbons (Fsp3) is 0.350. The Labute approximate surface area is 162 Å². The number of hydrogen-bond acceptors (Lipinski definition) is 3. The molecule has 2 rings (SSSR count). The summed E-state index contributed by atoms with van der Waals surface area (Å²) in [6, 6.07) is 12.5. The molecule has 0 aliphatic rings. The molecule has 152 valence electrons. The number of methoxy groups -OCH3 is 1. The SMILES string of the molecule is CN=C(NCc1ccc(C)cc1OC)NCc1ccccc1OCC(F)(F)F. The number of ether oxygens (including phenoxy) is 2. The molecule has 5 nitrogen and oxygen atoms in total. The van der Waals surface area contributed by atoms with Crippen molar-refractivity contribution in [1.82, 2.24) is 10.6 Å². The Balaban J connectivity index is 1.96. The molecule has 0 unspecified atom stereocenters. The number of benzene rings is 2. The number of nitrogens with one attached hydrogen (secondary N) is 2. The van der Waals surface area contributed by atoms with E-state index in [-0.39, 0.29) is 12.3 Å². The molecule has 0 atom stereocenters. The minimum Gasteiger partial charge on any atom is -0.496 e. The summed E-state index contributed by atoms with van der Waals surface area (Å²) in [4.78, 5) is 4.14. The van der Waals surface area contributed by atoms with E-state index in [4.69, 9.17) is 9.47 Å². The predicted octanol–water partition coefficient (Wildman–Crippen LogP) is 3.81. The van der Waals surface area contributed by atoms with Gasteiger partial charge in [-0.25, -0.2) is 0 Å². The minimum absolute atomic E-state index is 0.183. The zero-order chi connectivity index (χ0) is 20.6. The van der Waals surface area contributed by atoms with E-state index >= 15 is 0 Å². The largest absolute Gasteiger partial charge is 0.496 e. The Morgan fingerprint density at radius 2 is 1.64 bits per heavy atom. The summed E-state index contributed by atoms with van der Waals surface area (Å²) in [5.74, 6) is 1.46. The number of nitrogens with zero attached hydrogens (tertiary/aromatic N) is 1. The van der Waals surface area contributed by atoms with Crippen molar-refractivity contribution < 1.29 is 22.6 Å². The Kier molecular flexibility index (Phi) is 7.54. The normalized spacial score (nSPS) is 11.9. The number of hydrogen-bond donors (Lipinski definition) is 2. The second kappa shape index (κ2) is 9.87. The fourth-order valence-electron chi connectivity index (χ4n) is 2.53. The molecule has 0 amide bonds. The molecule has 2 N–H and O–H groups in total. The number of halogens is 3. The number of guanidine groups is 1. The van der Waals surface area contributed by atoms with Crippen LogP contribution in [0.1, 0.15) is 16.7 Å². The van der Waals surface area contributed by atoms with Gasteiger partial charge in [0, 0.05) is 31.3 Å². The van der Waals surface area contributed by atoms with E-state index < -0.39 is 12.8 Å². The van der Waals surface area contributed by atoms with Crippen molar-refractivity contribution in [3.63, 3.8) is 0 Å². The zero-order valence-corrected chi connectivity index (χ0v) is 16.1. The first kappa shape index (κ1) is 21.4. The van der Waals surface area contributed by atoms with Gasteiger partial charge in [0.2, 0.25) is 0 Å². The highest BCUT2D eigenvalue weighted by Gasteiger charge is 2.28. The van der Waals surface area contributed by atoms with Crippen LogP contribution in [0.4, 0.5) is 13.2 Å². The smallest absolute Gasteiger partial charge is 0.422 e. The van der Waals surface area contributed by atoms with Crippen LogP contribution in [0.2, 0.25) is 0 Å². The summed E-state index contributed by atoms with van der Waals surface area (Å²) in [5, 5.41) is 6.24. The van der Waals surface area contributed by atoms with Gasteiger partial charge >= 0.3 is 6.18 Å². The standard InChI is InChI=1S/C20H24F3N3O2/c1-14-8-9-16(18(10-14)27-3)12-26-19(24-2)25-11-15-6-4-5-7-17(15)28-13-20(21,22)23/h4-10H,11-13H2,1-3H3,(H2,24,25,26). The van der Waals surface area contributed by atoms with Crippen LogP contribution in [0.3, 0.4) is 0 Å². The Hall–Kier alpha value is -2.90. The van der Waals surface area contributed by atoms with E-state index in [1.54, 1.807) is 32.4 Å². The van der Waals surface area contributed by atoms with Crippen molar-refractivity contribution in [3.05, 3.63) is 59.2 Å². The van der Waals surface area contributed by atoms with Crippen LogP contribution in [-0.2, 0) is 13.1 Å². The number of para-hydroxylation sites is 1. The van der Waals surface area contributed by atoms with Crippen molar-refractivity contribution in [2.24, 2.45) is 4.99 Å². The summed E-state index contributed by atoms with van der Waals surface area (Å²) in [5.41, 5.74) is 2.66. The molecule has 0 saturated heterocycles. The molecular weight excluding hydrogens is 371 g/mol. The van der Waals surface area contributed by atoms with Crippen molar-refractivity contribution in [1.29, 1.82) is 0 Å². The van der Waals surface area contributed by atoms with Crippen LogP contribution in [0.25, 0.3) is 0 Å². The molecule has 28 heavy (non-hydrogen) atoms. The van der Waals surface area contributed by atoms with Crippen molar-refractivity contribution in [3.8, 4) is 11.5 Å². The zero-order valence-electron chi connectivity index (χ0n) is 16.1. The highest BCUT2D eigenvalue weighted by Crippen LogP contribution is 2.22. The van der Waals surface area contributed by atoms with E-state index in [1.165, 1.54) is 6.07 Å². The molecule has 0 aliphatic heterocycles. The molecule has 0 radical (unpaired) electrons. The van der Waals surface area contributed by atoms with Crippen LogP contribution >= 0.6 is 0 Å². The van der Waals surface area contributed by atoms with Crippen LogP contribution in [0.15, 0.2) is 47.5 Å². The Bertz CT molecular complexity index is 808. The van der Waals surface area contributed by atoms with E-state index in [2.05, 4.69) is 15.6 Å². The van der Waals surface area contributed by atoms with Crippen LogP contribution in [0, 0.1) is 6.92 Å². The number of aryl methyl sites for hydroxylation is 1. The third kappa shape index (κ3) is 6.68. The molecule has 0 aliphatic carbocycles. The Morgan fingerprint density at radius 1 is 1.00 bits per heavy atom. The van der Waals surface area contributed by atoms with Crippen molar-refractivity contribution in [2.75, 3.05) is 20.8 Å². The number of alkyl halides is 3. The molecule has 2 aromatic rings. The van der Waals surface area contributed by atoms with Crippen molar-refractivity contribution in [2.45, 2.75) is 26.2 Å². The predicted molar refractivity (Wildman–Crippen MR) is 103 cm³/mol. The minimum atomic E-state index is -4.38. The van der Waals surface area contributed by atoms with Gasteiger partial charge in [-0.3, -0.25) is 4.99 Å². The van der Waals surface area contributed by atoms with Gasteiger partial charge in [0.1, 0.15) is 11.5 Å². The van der Waals surface area contributed by atoms with Crippen LogP contribution in [0.5, 0.6) is 11.5 Å². The Morgan fingerprint density at radius 3 is 2.25 bits per heavy atom. The third-order valence-corrected chi connectivity index (χ3v) is 3.92. The van der Waals surface area contributed by atoms with Gasteiger partial charge in [-0.2, -0.15) is 13.2 Å². The lowest BCUT2D eigenvalue weighted by molar-refractivity contribution is -0.153. The highest BCUT2D eigenvalue weighted by atomic mass is 19.4. The second-order valence-electron chi connectivity index (χ2n) is 6.11. The van der Waals surface area contributed by atoms with E-state index in [0.29, 0.717) is 18.1 Å². The van der Waals surface area contributed by atoms with E-state index in [9.17, 15) is 13.2 Å². The van der Waals surface area contributed by atoms with Crippen molar-refractivity contribution >= 4 is 5.96 Å². The molecule has 0 bridgehead atoms. The molecule has 0 heterocycles. The monoisotopic (exact) mass is 395 g/mol. The van der Waals surface area contributed by atoms with Gasteiger partial charge in [0.05, 0.1) is 7.11 Å². The number of aliphatic imine (C=N–C) groups is 1. The number of rotatable bonds is 7. The van der Waals surface area contributed by atoms with Gasteiger partial charge in [-0.15, -0.1) is 0 Å². The first-order valence-electron chi connectivity index (χ1n) is 8.68. The second-order valence-corrected chi connectivity index (χ2v) is 6.11. The maximum atomic E-state index is 12.4. The lowest BCUT2D eigenvalue weighted by atomic mass is 10.1. The van der Waals surface area contributed by atoms with Crippen LogP contribution in [-0.4, -0.2) is 32.9 Å². The summed E-state index contributed by atoms with van der Waals surface area (Å²) in [7, 11) is 3.23. The van der Waals surface area contributed by atoms with Crippen LogP contribution < -0.4 is 20.1 Å². The molecule has 0 saturated carbocycles.